The number of nitrogens with zero attached hydrogens (tertiary/aromatic N) is 1. The fourth-order valence-corrected chi connectivity index (χ4v) is 6.42. The number of ether oxygens (including phenoxy) is 3. The summed E-state index contributed by atoms with van der Waals surface area (Å²) in [6.45, 7) is 0.860. The van der Waals surface area contributed by atoms with Crippen LogP contribution in [-0.2, 0) is 15.1 Å². The molecule has 0 bridgehead atoms. The molecule has 0 saturated carbocycles. The average molecular weight is 682 g/mol. The summed E-state index contributed by atoms with van der Waals surface area (Å²) < 4.78 is 34.5. The van der Waals surface area contributed by atoms with Crippen LogP contribution in [0.25, 0.3) is 10.9 Å². The van der Waals surface area contributed by atoms with E-state index in [4.69, 9.17) is 25.8 Å². The van der Waals surface area contributed by atoms with Crippen LogP contribution >= 0.6 is 39.3 Å². The fraction of sp³-hybridized carbons (Fsp3) is 0.212. The van der Waals surface area contributed by atoms with Crippen molar-refractivity contribution < 1.29 is 18.6 Å². The third-order valence-corrected chi connectivity index (χ3v) is 9.49. The number of hydrogen-bond donors (Lipinski definition) is 1. The van der Waals surface area contributed by atoms with Gasteiger partial charge in [-0.05, 0) is 38.9 Å². The van der Waals surface area contributed by atoms with Crippen LogP contribution in [0.15, 0.2) is 105 Å². The third-order valence-electron chi connectivity index (χ3n) is 7.57. The molecule has 43 heavy (non-hydrogen) atoms. The molecule has 1 aromatic heterocycles. The number of H-pyrrole nitrogens is 1. The summed E-state index contributed by atoms with van der Waals surface area (Å²) in [5.41, 5.74) is 1.34. The van der Waals surface area contributed by atoms with Crippen molar-refractivity contribution in [1.82, 2.24) is 9.97 Å². The molecule has 0 spiro atoms. The Morgan fingerprint density at radius 3 is 2.09 bits per heavy atom. The van der Waals surface area contributed by atoms with Crippen molar-refractivity contribution in [2.45, 2.75) is 16.9 Å². The Kier molecular flexibility index (Phi) is 8.88. The van der Waals surface area contributed by atoms with Crippen LogP contribution in [0.1, 0.15) is 16.7 Å². The zero-order chi connectivity index (χ0) is 30.0. The summed E-state index contributed by atoms with van der Waals surface area (Å²) in [7, 11) is 0. The number of thioether (sulfide) groups is 1. The third kappa shape index (κ3) is 5.60. The molecule has 6 nitrogen and oxygen atoms in total. The van der Waals surface area contributed by atoms with Crippen LogP contribution in [-0.4, -0.2) is 42.1 Å². The van der Waals surface area contributed by atoms with E-state index in [1.165, 1.54) is 11.8 Å². The number of hydrogen-bond acceptors (Lipinski definition) is 6. The Morgan fingerprint density at radius 1 is 1.00 bits per heavy atom. The van der Waals surface area contributed by atoms with E-state index >= 15 is 4.39 Å². The minimum atomic E-state index is -0.921. The van der Waals surface area contributed by atoms with E-state index in [-0.39, 0.29) is 50.4 Å². The minimum Gasteiger partial charge on any atom is -0.485 e. The molecule has 10 heteroatoms. The van der Waals surface area contributed by atoms with Gasteiger partial charge in [0.15, 0.2) is 16.7 Å². The molecule has 2 unspecified atom stereocenters. The van der Waals surface area contributed by atoms with E-state index in [0.717, 1.165) is 16.7 Å². The lowest BCUT2D eigenvalue weighted by atomic mass is 9.80. The molecule has 1 aliphatic heterocycles. The molecule has 220 valence electrons. The van der Waals surface area contributed by atoms with E-state index in [0.29, 0.717) is 6.61 Å². The van der Waals surface area contributed by atoms with Gasteiger partial charge in [0.05, 0.1) is 24.3 Å². The van der Waals surface area contributed by atoms with Gasteiger partial charge in [0.1, 0.15) is 27.6 Å². The first-order valence-corrected chi connectivity index (χ1v) is 16.0. The average Bonchev–Trinajstić information content (AvgIpc) is 3.50. The van der Waals surface area contributed by atoms with Gasteiger partial charge < -0.3 is 19.2 Å². The summed E-state index contributed by atoms with van der Waals surface area (Å²) in [6, 6.07) is 30.3. The largest absolute Gasteiger partial charge is 0.485 e. The number of benzene rings is 4. The molecule has 5 aromatic rings. The van der Waals surface area contributed by atoms with Crippen molar-refractivity contribution >= 4 is 50.2 Å². The van der Waals surface area contributed by atoms with Crippen LogP contribution < -0.4 is 10.3 Å². The summed E-state index contributed by atoms with van der Waals surface area (Å²) in [6.07, 6.45) is 1.21. The Balaban J connectivity index is 1.38. The minimum absolute atomic E-state index is 0.0233. The first-order valence-electron chi connectivity index (χ1n) is 13.6. The SMILES string of the molecule is CSc1nc2c(F)c(Br)c(Cl)c(OC3COCC3COC(c3ccccc3)(c3ccccc3)c3ccccc3)c2c(=O)[nH]1. The van der Waals surface area contributed by atoms with Crippen molar-refractivity contribution in [2.75, 3.05) is 26.1 Å². The molecule has 1 saturated heterocycles. The van der Waals surface area contributed by atoms with E-state index < -0.39 is 23.1 Å². The molecule has 2 atom stereocenters. The van der Waals surface area contributed by atoms with Gasteiger partial charge >= 0.3 is 0 Å². The predicted molar refractivity (Wildman–Crippen MR) is 171 cm³/mol. The molecule has 4 aromatic carbocycles. The van der Waals surface area contributed by atoms with Gasteiger partial charge in [0.2, 0.25) is 0 Å². The van der Waals surface area contributed by atoms with Gasteiger partial charge in [-0.15, -0.1) is 0 Å². The Bertz CT molecular complexity index is 1700. The number of fused-ring (bicyclic) bond motifs is 1. The maximum Gasteiger partial charge on any atom is 0.263 e. The van der Waals surface area contributed by atoms with Crippen molar-refractivity contribution in [1.29, 1.82) is 0 Å². The van der Waals surface area contributed by atoms with Gasteiger partial charge in [-0.1, -0.05) is 114 Å². The fourth-order valence-electron chi connectivity index (χ4n) is 5.46. The highest BCUT2D eigenvalue weighted by atomic mass is 79.9. The normalized spacial score (nSPS) is 16.9. The van der Waals surface area contributed by atoms with Crippen LogP contribution in [0.5, 0.6) is 5.75 Å². The lowest BCUT2D eigenvalue weighted by molar-refractivity contribution is -0.0227. The quantitative estimate of drug-likeness (QED) is 0.0748. The van der Waals surface area contributed by atoms with E-state index in [2.05, 4.69) is 62.3 Å². The summed E-state index contributed by atoms with van der Waals surface area (Å²) in [5.74, 6) is -0.912. The highest BCUT2D eigenvalue weighted by molar-refractivity contribution is 9.10. The molecule has 0 aliphatic carbocycles. The molecule has 6 rings (SSSR count). The molecular formula is C33H27BrClFN2O4S. The zero-order valence-corrected chi connectivity index (χ0v) is 26.2. The number of aromatic amines is 1. The first kappa shape index (κ1) is 29.8. The van der Waals surface area contributed by atoms with Gasteiger partial charge in [-0.2, -0.15) is 0 Å². The molecule has 0 radical (unpaired) electrons. The summed E-state index contributed by atoms with van der Waals surface area (Å²) in [5, 5.41) is 0.182. The number of rotatable bonds is 9. The molecule has 2 heterocycles. The molecule has 1 N–H and O–H groups in total. The smallest absolute Gasteiger partial charge is 0.263 e. The summed E-state index contributed by atoms with van der Waals surface area (Å²) >= 11 is 11.0. The monoisotopic (exact) mass is 680 g/mol. The second-order valence-electron chi connectivity index (χ2n) is 10.1. The van der Waals surface area contributed by atoms with Gasteiger partial charge in [0.25, 0.3) is 5.56 Å². The van der Waals surface area contributed by atoms with Crippen LogP contribution in [0.2, 0.25) is 5.02 Å². The van der Waals surface area contributed by atoms with Crippen LogP contribution in [0.4, 0.5) is 4.39 Å². The number of aromatic nitrogens is 2. The second-order valence-corrected chi connectivity index (χ2v) is 12.1. The van der Waals surface area contributed by atoms with E-state index in [1.54, 1.807) is 6.26 Å². The predicted octanol–water partition coefficient (Wildman–Crippen LogP) is 7.60. The van der Waals surface area contributed by atoms with Gasteiger partial charge in [-0.25, -0.2) is 9.37 Å². The number of halogens is 3. The van der Waals surface area contributed by atoms with E-state index in [9.17, 15) is 4.79 Å². The highest BCUT2D eigenvalue weighted by Gasteiger charge is 2.41. The highest BCUT2D eigenvalue weighted by Crippen LogP contribution is 2.43. The zero-order valence-electron chi connectivity index (χ0n) is 23.1. The van der Waals surface area contributed by atoms with E-state index in [1.807, 2.05) is 54.6 Å². The van der Waals surface area contributed by atoms with Crippen molar-refractivity contribution in [3.8, 4) is 5.75 Å². The molecule has 0 amide bonds. The maximum absolute atomic E-state index is 15.2. The Labute approximate surface area is 265 Å². The lowest BCUT2D eigenvalue weighted by Crippen LogP contribution is -2.37. The molecule has 1 fully saturated rings. The van der Waals surface area contributed by atoms with Gasteiger partial charge in [0, 0.05) is 5.92 Å². The Morgan fingerprint density at radius 2 is 1.56 bits per heavy atom. The van der Waals surface area contributed by atoms with Crippen LogP contribution in [0, 0.1) is 11.7 Å². The second kappa shape index (κ2) is 12.8. The molecular weight excluding hydrogens is 655 g/mol. The first-order chi connectivity index (χ1) is 20.9. The lowest BCUT2D eigenvalue weighted by Gasteiger charge is -2.37. The van der Waals surface area contributed by atoms with Crippen molar-refractivity contribution in [3.63, 3.8) is 0 Å². The van der Waals surface area contributed by atoms with Crippen molar-refractivity contribution in [2.24, 2.45) is 5.92 Å². The van der Waals surface area contributed by atoms with Crippen LogP contribution in [0.3, 0.4) is 0 Å². The standard InChI is InChI=1S/C33H27BrClFN2O4S/c1-43-32-37-29-25(31(39)38-32)30(27(35)26(34)28(29)36)42-24-19-40-17-20(24)18-41-33(21-11-5-2-6-12-21,22-13-7-3-8-14-22)23-15-9-4-10-16-23/h2-16,20,24H,17-19H2,1H3,(H,37,38,39). The maximum atomic E-state index is 15.2. The van der Waals surface area contributed by atoms with Crippen molar-refractivity contribution in [3.05, 3.63) is 133 Å². The summed E-state index contributed by atoms with van der Waals surface area (Å²) in [4.78, 5) is 20.0. The topological polar surface area (TPSA) is 73.4 Å². The number of nitrogens with one attached hydrogen (secondary N) is 1. The Hall–Kier alpha value is -3.21. The molecule has 1 aliphatic rings. The van der Waals surface area contributed by atoms with Gasteiger partial charge in [-0.3, -0.25) is 4.79 Å².